The van der Waals surface area contributed by atoms with E-state index in [9.17, 15) is 4.79 Å². The van der Waals surface area contributed by atoms with E-state index in [0.29, 0.717) is 5.92 Å². The van der Waals surface area contributed by atoms with E-state index in [1.54, 1.807) is 0 Å². The Morgan fingerprint density at radius 1 is 1.67 bits per heavy atom. The van der Waals surface area contributed by atoms with Crippen molar-refractivity contribution >= 4 is 33.3 Å². The lowest BCUT2D eigenvalue weighted by atomic mass is 10.1. The summed E-state index contributed by atoms with van der Waals surface area (Å²) in [5.41, 5.74) is 1.22. The molecule has 1 amide bonds. The zero-order valence-electron chi connectivity index (χ0n) is 6.93. The molecule has 0 fully saturated rings. The van der Waals surface area contributed by atoms with Crippen molar-refractivity contribution in [1.82, 2.24) is 0 Å². The highest BCUT2D eigenvalue weighted by Crippen LogP contribution is 2.25. The fourth-order valence-electron chi connectivity index (χ4n) is 0.816. The molecule has 0 aliphatic carbocycles. The number of nitrogens with one attached hydrogen (secondary N) is 1. The second kappa shape index (κ2) is 3.92. The maximum absolute atomic E-state index is 10.5. The predicted octanol–water partition coefficient (Wildman–Crippen LogP) is 3.64. The summed E-state index contributed by atoms with van der Waals surface area (Å²) in [6, 6.07) is 1.94. The van der Waals surface area contributed by atoms with Crippen LogP contribution in [0, 0.1) is 0 Å². The molecule has 4 heteroatoms. The van der Waals surface area contributed by atoms with Gasteiger partial charge in [0.25, 0.3) is 0 Å². The van der Waals surface area contributed by atoms with Gasteiger partial charge in [-0.1, -0.05) is 13.8 Å². The molecule has 0 spiro atoms. The summed E-state index contributed by atoms with van der Waals surface area (Å²) in [7, 11) is 0. The highest BCUT2D eigenvalue weighted by molar-refractivity contribution is 7.14. The van der Waals surface area contributed by atoms with Gasteiger partial charge in [0.2, 0.25) is 0 Å². The lowest BCUT2D eigenvalue weighted by Gasteiger charge is -1.97. The molecule has 1 heterocycles. The van der Waals surface area contributed by atoms with Gasteiger partial charge in [0, 0.05) is 0 Å². The fraction of sp³-hybridized carbons (Fsp3) is 0.375. The average molecular weight is 204 g/mol. The van der Waals surface area contributed by atoms with Crippen molar-refractivity contribution in [3.8, 4) is 0 Å². The van der Waals surface area contributed by atoms with Gasteiger partial charge in [-0.3, -0.25) is 4.79 Å². The summed E-state index contributed by atoms with van der Waals surface area (Å²) in [6.07, 6.45) is 0. The molecule has 2 nitrogen and oxygen atoms in total. The molecule has 1 N–H and O–H groups in total. The molecule has 0 aliphatic heterocycles. The molecule has 0 unspecified atom stereocenters. The van der Waals surface area contributed by atoms with Crippen molar-refractivity contribution in [3.63, 3.8) is 0 Å². The van der Waals surface area contributed by atoms with E-state index >= 15 is 0 Å². The van der Waals surface area contributed by atoms with Crippen molar-refractivity contribution in [2.45, 2.75) is 19.8 Å². The number of hydrogen-bond acceptors (Lipinski definition) is 2. The van der Waals surface area contributed by atoms with Crippen LogP contribution in [0.25, 0.3) is 0 Å². The van der Waals surface area contributed by atoms with E-state index in [0.717, 1.165) is 5.00 Å². The summed E-state index contributed by atoms with van der Waals surface area (Å²) in [5, 5.41) is 4.82. The molecule has 66 valence electrons. The van der Waals surface area contributed by atoms with Crippen LogP contribution in [-0.4, -0.2) is 5.37 Å². The zero-order valence-corrected chi connectivity index (χ0v) is 8.50. The Hall–Kier alpha value is -0.540. The molecule has 12 heavy (non-hydrogen) atoms. The van der Waals surface area contributed by atoms with Gasteiger partial charge in [0.15, 0.2) is 0 Å². The Bertz CT molecular complexity index is 282. The van der Waals surface area contributed by atoms with Crippen molar-refractivity contribution in [2.75, 3.05) is 5.32 Å². The maximum atomic E-state index is 10.5. The number of hydrogen-bond donors (Lipinski definition) is 1. The normalized spacial score (nSPS) is 10.3. The van der Waals surface area contributed by atoms with Crippen molar-refractivity contribution < 1.29 is 4.79 Å². The smallest absolute Gasteiger partial charge is 0.304 e. The molecule has 0 radical (unpaired) electrons. The predicted molar refractivity (Wildman–Crippen MR) is 53.3 cm³/mol. The molecule has 1 rings (SSSR count). The molecule has 0 saturated carbocycles. The number of anilines is 1. The number of thiophene rings is 1. The maximum Gasteiger partial charge on any atom is 0.318 e. The summed E-state index contributed by atoms with van der Waals surface area (Å²) >= 11 is 6.65. The molecule has 0 aromatic carbocycles. The SMILES string of the molecule is CC(C)c1csc(NC(=O)Cl)c1. The number of rotatable bonds is 2. The van der Waals surface area contributed by atoms with Gasteiger partial charge < -0.3 is 5.32 Å². The Balaban J connectivity index is 2.70. The topological polar surface area (TPSA) is 29.1 Å². The van der Waals surface area contributed by atoms with E-state index in [2.05, 4.69) is 19.2 Å². The summed E-state index contributed by atoms with van der Waals surface area (Å²) in [5.74, 6) is 0.488. The first-order chi connectivity index (χ1) is 5.59. The molecular weight excluding hydrogens is 194 g/mol. The molecule has 0 saturated heterocycles. The van der Waals surface area contributed by atoms with E-state index < -0.39 is 5.37 Å². The number of carbonyl (C=O) groups is 1. The third kappa shape index (κ3) is 2.50. The van der Waals surface area contributed by atoms with Gasteiger partial charge >= 0.3 is 5.37 Å². The second-order valence-corrected chi connectivity index (χ2v) is 4.05. The van der Waals surface area contributed by atoms with Crippen LogP contribution in [0.15, 0.2) is 11.4 Å². The van der Waals surface area contributed by atoms with Crippen LogP contribution in [0.5, 0.6) is 0 Å². The largest absolute Gasteiger partial charge is 0.318 e. The van der Waals surface area contributed by atoms with Gasteiger partial charge in [-0.25, -0.2) is 0 Å². The van der Waals surface area contributed by atoms with Crippen LogP contribution in [0.3, 0.4) is 0 Å². The van der Waals surface area contributed by atoms with E-state index in [-0.39, 0.29) is 0 Å². The van der Waals surface area contributed by atoms with Crippen LogP contribution < -0.4 is 5.32 Å². The number of halogens is 1. The fourth-order valence-corrected chi connectivity index (χ4v) is 1.93. The Morgan fingerprint density at radius 2 is 2.33 bits per heavy atom. The summed E-state index contributed by atoms with van der Waals surface area (Å²) in [4.78, 5) is 10.5. The quantitative estimate of drug-likeness (QED) is 0.577. The molecule has 0 aliphatic rings. The Labute approximate surface area is 80.5 Å². The van der Waals surface area contributed by atoms with Crippen LogP contribution in [-0.2, 0) is 0 Å². The summed E-state index contributed by atoms with van der Waals surface area (Å²) in [6.45, 7) is 4.21. The lowest BCUT2D eigenvalue weighted by Crippen LogP contribution is -1.98. The van der Waals surface area contributed by atoms with Crippen molar-refractivity contribution in [1.29, 1.82) is 0 Å². The molecule has 1 aromatic heterocycles. The molecule has 0 bridgehead atoms. The molecular formula is C8H10ClNOS. The minimum Gasteiger partial charge on any atom is -0.304 e. The van der Waals surface area contributed by atoms with Crippen LogP contribution in [0.1, 0.15) is 25.3 Å². The monoisotopic (exact) mass is 203 g/mol. The third-order valence-corrected chi connectivity index (χ3v) is 2.47. The van der Waals surface area contributed by atoms with Gasteiger partial charge in [0.05, 0.1) is 5.00 Å². The minimum absolute atomic E-state index is 0.488. The van der Waals surface area contributed by atoms with E-state index in [1.165, 1.54) is 16.9 Å². The highest BCUT2D eigenvalue weighted by Gasteiger charge is 2.04. The van der Waals surface area contributed by atoms with Crippen molar-refractivity contribution in [2.24, 2.45) is 0 Å². The Kier molecular flexibility index (Phi) is 3.12. The first-order valence-electron chi connectivity index (χ1n) is 3.64. The number of amides is 1. The minimum atomic E-state index is -0.535. The third-order valence-electron chi connectivity index (χ3n) is 1.51. The zero-order chi connectivity index (χ0) is 9.14. The van der Waals surface area contributed by atoms with E-state index in [4.69, 9.17) is 11.6 Å². The van der Waals surface area contributed by atoms with Crippen LogP contribution in [0.2, 0.25) is 0 Å². The van der Waals surface area contributed by atoms with Gasteiger partial charge in [-0.2, -0.15) is 0 Å². The van der Waals surface area contributed by atoms with Crippen LogP contribution in [0.4, 0.5) is 9.80 Å². The van der Waals surface area contributed by atoms with Gasteiger partial charge in [-0.05, 0) is 34.5 Å². The van der Waals surface area contributed by atoms with Gasteiger partial charge in [-0.15, -0.1) is 11.3 Å². The van der Waals surface area contributed by atoms with Gasteiger partial charge in [0.1, 0.15) is 0 Å². The standard InChI is InChI=1S/C8H10ClNOS/c1-5(2)6-3-7(12-4-6)10-8(9)11/h3-5H,1-2H3,(H,10,11). The van der Waals surface area contributed by atoms with Crippen LogP contribution >= 0.6 is 22.9 Å². The van der Waals surface area contributed by atoms with E-state index in [1.807, 2.05) is 11.4 Å². The summed E-state index contributed by atoms with van der Waals surface area (Å²) < 4.78 is 0. The first-order valence-corrected chi connectivity index (χ1v) is 4.90. The molecule has 0 atom stereocenters. The average Bonchev–Trinajstić information content (AvgIpc) is 2.34. The highest BCUT2D eigenvalue weighted by atomic mass is 35.5. The number of carbonyl (C=O) groups excluding carboxylic acids is 1. The Morgan fingerprint density at radius 3 is 2.75 bits per heavy atom. The first kappa shape index (κ1) is 9.55. The molecule has 1 aromatic rings. The lowest BCUT2D eigenvalue weighted by molar-refractivity contribution is 0.269. The second-order valence-electron chi connectivity index (χ2n) is 2.80. The van der Waals surface area contributed by atoms with Crippen molar-refractivity contribution in [3.05, 3.63) is 17.0 Å².